The Morgan fingerprint density at radius 2 is 2.00 bits per heavy atom. The van der Waals surface area contributed by atoms with Gasteiger partial charge in [0, 0.05) is 12.0 Å². The summed E-state index contributed by atoms with van der Waals surface area (Å²) in [7, 11) is 0. The maximum atomic E-state index is 9.41. The van der Waals surface area contributed by atoms with Crippen molar-refractivity contribution in [2.75, 3.05) is 32.9 Å². The lowest BCUT2D eigenvalue weighted by atomic mass is 9.80. The van der Waals surface area contributed by atoms with Crippen LogP contribution in [0.25, 0.3) is 0 Å². The Labute approximate surface area is 85.8 Å². The zero-order valence-corrected chi connectivity index (χ0v) is 8.80. The minimum atomic E-state index is 0.0557. The van der Waals surface area contributed by atoms with Gasteiger partial charge < -0.3 is 15.2 Å². The Hall–Kier alpha value is -0.120. The summed E-state index contributed by atoms with van der Waals surface area (Å²) in [6.07, 6.45) is 4.78. The van der Waals surface area contributed by atoms with Gasteiger partial charge in [-0.1, -0.05) is 0 Å². The molecule has 0 unspecified atom stereocenters. The molecule has 0 amide bonds. The van der Waals surface area contributed by atoms with Gasteiger partial charge >= 0.3 is 0 Å². The normalized spacial score (nSPS) is 26.4. The topological polar surface area (TPSA) is 41.5 Å². The van der Waals surface area contributed by atoms with Crippen LogP contribution in [-0.4, -0.2) is 38.0 Å². The first-order valence-corrected chi connectivity index (χ1v) is 5.74. The first-order valence-electron chi connectivity index (χ1n) is 5.74. The van der Waals surface area contributed by atoms with Crippen molar-refractivity contribution in [1.29, 1.82) is 0 Å². The molecule has 0 spiro atoms. The van der Waals surface area contributed by atoms with Gasteiger partial charge in [0.05, 0.1) is 13.2 Å². The van der Waals surface area contributed by atoms with Crippen molar-refractivity contribution in [1.82, 2.24) is 5.32 Å². The van der Waals surface area contributed by atoms with E-state index in [0.29, 0.717) is 0 Å². The number of nitrogens with one attached hydrogen (secondary N) is 1. The SMILES string of the molecule is OCC1(COCC2CC2)CCNCC1. The lowest BCUT2D eigenvalue weighted by molar-refractivity contribution is -0.0152. The van der Waals surface area contributed by atoms with Gasteiger partial charge in [-0.3, -0.25) is 0 Å². The predicted octanol–water partition coefficient (Wildman–Crippen LogP) is 0.775. The largest absolute Gasteiger partial charge is 0.396 e. The smallest absolute Gasteiger partial charge is 0.0545 e. The molecule has 0 bridgehead atoms. The second kappa shape index (κ2) is 4.60. The third kappa shape index (κ3) is 2.69. The summed E-state index contributed by atoms with van der Waals surface area (Å²) in [5.41, 5.74) is 0.0557. The second-order valence-electron chi connectivity index (χ2n) is 4.87. The number of rotatable bonds is 5. The highest BCUT2D eigenvalue weighted by Crippen LogP contribution is 2.32. The van der Waals surface area contributed by atoms with E-state index in [9.17, 15) is 5.11 Å². The van der Waals surface area contributed by atoms with Gasteiger partial charge in [-0.2, -0.15) is 0 Å². The molecule has 0 atom stereocenters. The summed E-state index contributed by atoms with van der Waals surface area (Å²) in [6.45, 7) is 3.98. The van der Waals surface area contributed by atoms with Gasteiger partial charge in [0.15, 0.2) is 0 Å². The summed E-state index contributed by atoms with van der Waals surface area (Å²) < 4.78 is 5.70. The van der Waals surface area contributed by atoms with Crippen LogP contribution in [0.5, 0.6) is 0 Å². The summed E-state index contributed by atoms with van der Waals surface area (Å²) in [5, 5.41) is 12.7. The van der Waals surface area contributed by atoms with Crippen molar-refractivity contribution in [2.45, 2.75) is 25.7 Å². The number of aliphatic hydroxyl groups excluding tert-OH is 1. The van der Waals surface area contributed by atoms with Crippen molar-refractivity contribution in [3.05, 3.63) is 0 Å². The van der Waals surface area contributed by atoms with Gasteiger partial charge in [-0.05, 0) is 44.7 Å². The monoisotopic (exact) mass is 199 g/mol. The zero-order valence-electron chi connectivity index (χ0n) is 8.80. The van der Waals surface area contributed by atoms with Crippen LogP contribution in [0, 0.1) is 11.3 Å². The molecule has 0 aromatic carbocycles. The highest BCUT2D eigenvalue weighted by atomic mass is 16.5. The fourth-order valence-corrected chi connectivity index (χ4v) is 2.03. The average molecular weight is 199 g/mol. The van der Waals surface area contributed by atoms with Gasteiger partial charge in [0.25, 0.3) is 0 Å². The zero-order chi connectivity index (χ0) is 9.86. The molecule has 2 aliphatic rings. The van der Waals surface area contributed by atoms with E-state index in [-0.39, 0.29) is 12.0 Å². The molecule has 3 heteroatoms. The van der Waals surface area contributed by atoms with Crippen LogP contribution in [0.2, 0.25) is 0 Å². The number of aliphatic hydroxyl groups is 1. The van der Waals surface area contributed by atoms with E-state index in [2.05, 4.69) is 5.32 Å². The van der Waals surface area contributed by atoms with Crippen LogP contribution < -0.4 is 5.32 Å². The highest BCUT2D eigenvalue weighted by molar-refractivity contribution is 4.84. The molecule has 0 aromatic heterocycles. The van der Waals surface area contributed by atoms with E-state index < -0.39 is 0 Å². The van der Waals surface area contributed by atoms with Crippen LogP contribution in [0.3, 0.4) is 0 Å². The van der Waals surface area contributed by atoms with E-state index in [1.807, 2.05) is 0 Å². The van der Waals surface area contributed by atoms with Crippen molar-refractivity contribution >= 4 is 0 Å². The molecule has 82 valence electrons. The van der Waals surface area contributed by atoms with Crippen molar-refractivity contribution in [2.24, 2.45) is 11.3 Å². The third-order valence-electron chi connectivity index (χ3n) is 3.46. The Morgan fingerprint density at radius 3 is 2.57 bits per heavy atom. The Bertz CT molecular complexity index is 174. The van der Waals surface area contributed by atoms with Gasteiger partial charge in [0.1, 0.15) is 0 Å². The first-order chi connectivity index (χ1) is 6.85. The lowest BCUT2D eigenvalue weighted by Gasteiger charge is -2.35. The minimum Gasteiger partial charge on any atom is -0.396 e. The summed E-state index contributed by atoms with van der Waals surface area (Å²) in [4.78, 5) is 0. The molecule has 1 saturated heterocycles. The standard InChI is InChI=1S/C11H21NO2/c13-8-11(3-5-12-6-4-11)9-14-7-10-1-2-10/h10,12-13H,1-9H2. The first kappa shape index (κ1) is 10.4. The molecule has 0 aromatic rings. The van der Waals surface area contributed by atoms with Crippen LogP contribution in [0.4, 0.5) is 0 Å². The number of hydrogen-bond donors (Lipinski definition) is 2. The highest BCUT2D eigenvalue weighted by Gasteiger charge is 2.32. The minimum absolute atomic E-state index is 0.0557. The molecule has 1 heterocycles. The van der Waals surface area contributed by atoms with E-state index >= 15 is 0 Å². The van der Waals surface area contributed by atoms with E-state index in [1.54, 1.807) is 0 Å². The van der Waals surface area contributed by atoms with E-state index in [0.717, 1.165) is 45.1 Å². The maximum Gasteiger partial charge on any atom is 0.0545 e. The quantitative estimate of drug-likeness (QED) is 0.687. The molecule has 3 nitrogen and oxygen atoms in total. The van der Waals surface area contributed by atoms with Crippen LogP contribution in [-0.2, 0) is 4.74 Å². The molecule has 14 heavy (non-hydrogen) atoms. The van der Waals surface area contributed by atoms with Gasteiger partial charge in [0.2, 0.25) is 0 Å². The fourth-order valence-electron chi connectivity index (χ4n) is 2.03. The average Bonchev–Trinajstić information content (AvgIpc) is 3.03. The summed E-state index contributed by atoms with van der Waals surface area (Å²) in [5.74, 6) is 0.826. The maximum absolute atomic E-state index is 9.41. The van der Waals surface area contributed by atoms with E-state index in [1.165, 1.54) is 12.8 Å². The summed E-state index contributed by atoms with van der Waals surface area (Å²) >= 11 is 0. The molecular weight excluding hydrogens is 178 g/mol. The second-order valence-corrected chi connectivity index (χ2v) is 4.87. The Morgan fingerprint density at radius 1 is 1.29 bits per heavy atom. The molecule has 0 radical (unpaired) electrons. The van der Waals surface area contributed by atoms with E-state index in [4.69, 9.17) is 4.74 Å². The number of piperidine rings is 1. The summed E-state index contributed by atoms with van der Waals surface area (Å²) in [6, 6.07) is 0. The Balaban J connectivity index is 1.71. The molecule has 2 rings (SSSR count). The van der Waals surface area contributed by atoms with Crippen LogP contribution in [0.15, 0.2) is 0 Å². The Kier molecular flexibility index (Phi) is 3.42. The molecule has 1 saturated carbocycles. The third-order valence-corrected chi connectivity index (χ3v) is 3.46. The van der Waals surface area contributed by atoms with Gasteiger partial charge in [-0.15, -0.1) is 0 Å². The number of ether oxygens (including phenoxy) is 1. The molecule has 1 aliphatic carbocycles. The van der Waals surface area contributed by atoms with Crippen molar-refractivity contribution < 1.29 is 9.84 Å². The molecule has 2 fully saturated rings. The van der Waals surface area contributed by atoms with Crippen LogP contribution in [0.1, 0.15) is 25.7 Å². The fraction of sp³-hybridized carbons (Fsp3) is 1.00. The van der Waals surface area contributed by atoms with Crippen molar-refractivity contribution in [3.8, 4) is 0 Å². The predicted molar refractivity (Wildman–Crippen MR) is 55.2 cm³/mol. The molecular formula is C11H21NO2. The number of hydrogen-bond acceptors (Lipinski definition) is 3. The molecule has 1 aliphatic heterocycles. The van der Waals surface area contributed by atoms with Crippen molar-refractivity contribution in [3.63, 3.8) is 0 Å². The molecule has 2 N–H and O–H groups in total. The van der Waals surface area contributed by atoms with Crippen LogP contribution >= 0.6 is 0 Å². The lowest BCUT2D eigenvalue weighted by Crippen LogP contribution is -2.42. The van der Waals surface area contributed by atoms with Gasteiger partial charge in [-0.25, -0.2) is 0 Å².